The molecule has 2 aromatic rings. The first kappa shape index (κ1) is 12.4. The Labute approximate surface area is 112 Å². The molecule has 0 saturated carbocycles. The van der Waals surface area contributed by atoms with E-state index in [2.05, 4.69) is 15.9 Å². The molecule has 0 aliphatic carbocycles. The number of hydrogen-bond acceptors (Lipinski definition) is 1. The maximum absolute atomic E-state index is 12.7. The zero-order valence-electron chi connectivity index (χ0n) is 8.79. The van der Waals surface area contributed by atoms with E-state index < -0.39 is 0 Å². The van der Waals surface area contributed by atoms with Crippen molar-refractivity contribution in [1.29, 1.82) is 0 Å². The lowest BCUT2D eigenvalue weighted by atomic mass is 10.2. The molecule has 0 amide bonds. The number of ether oxygens (including phenoxy) is 1. The summed E-state index contributed by atoms with van der Waals surface area (Å²) in [5.41, 5.74) is 0.880. The minimum atomic E-state index is -0.286. The second kappa shape index (κ2) is 5.52. The number of hydrogen-bond donors (Lipinski definition) is 0. The minimum Gasteiger partial charge on any atom is -0.457 e. The predicted molar refractivity (Wildman–Crippen MR) is 70.2 cm³/mol. The molecule has 88 valence electrons. The van der Waals surface area contributed by atoms with Crippen molar-refractivity contribution in [2.45, 2.75) is 5.88 Å². The van der Waals surface area contributed by atoms with E-state index in [1.54, 1.807) is 12.1 Å². The molecule has 2 aromatic carbocycles. The number of benzene rings is 2. The van der Waals surface area contributed by atoms with Crippen molar-refractivity contribution >= 4 is 27.5 Å². The fourth-order valence-electron chi connectivity index (χ4n) is 1.38. The molecule has 0 radical (unpaired) electrons. The summed E-state index contributed by atoms with van der Waals surface area (Å²) in [5.74, 6) is 1.33. The van der Waals surface area contributed by atoms with Crippen molar-refractivity contribution in [3.63, 3.8) is 0 Å². The minimum absolute atomic E-state index is 0.286. The van der Waals surface area contributed by atoms with E-state index >= 15 is 0 Å². The first-order chi connectivity index (χ1) is 8.19. The largest absolute Gasteiger partial charge is 0.457 e. The summed E-state index contributed by atoms with van der Waals surface area (Å²) in [6.45, 7) is 0. The molecule has 17 heavy (non-hydrogen) atoms. The van der Waals surface area contributed by atoms with Crippen LogP contribution in [0.25, 0.3) is 0 Å². The average molecular weight is 316 g/mol. The normalized spacial score (nSPS) is 10.3. The van der Waals surface area contributed by atoms with Crippen molar-refractivity contribution in [2.75, 3.05) is 0 Å². The molecule has 0 heterocycles. The number of rotatable bonds is 3. The van der Waals surface area contributed by atoms with Gasteiger partial charge in [-0.25, -0.2) is 4.39 Å². The summed E-state index contributed by atoms with van der Waals surface area (Å²) >= 11 is 9.20. The van der Waals surface area contributed by atoms with Crippen LogP contribution in [0.2, 0.25) is 0 Å². The lowest BCUT2D eigenvalue weighted by Gasteiger charge is -2.09. The highest BCUT2D eigenvalue weighted by molar-refractivity contribution is 9.10. The van der Waals surface area contributed by atoms with Crippen molar-refractivity contribution in [1.82, 2.24) is 0 Å². The molecule has 0 atom stereocenters. The molecule has 0 spiro atoms. The lowest BCUT2D eigenvalue weighted by Crippen LogP contribution is -1.89. The maximum Gasteiger partial charge on any atom is 0.131 e. The van der Waals surface area contributed by atoms with Gasteiger partial charge in [-0.3, -0.25) is 0 Å². The van der Waals surface area contributed by atoms with Crippen LogP contribution in [0.15, 0.2) is 46.9 Å². The van der Waals surface area contributed by atoms with Crippen LogP contribution in [0.5, 0.6) is 11.5 Å². The average Bonchev–Trinajstić information content (AvgIpc) is 2.34. The van der Waals surface area contributed by atoms with Gasteiger partial charge in [-0.15, -0.1) is 11.6 Å². The third kappa shape index (κ3) is 3.20. The van der Waals surface area contributed by atoms with Gasteiger partial charge >= 0.3 is 0 Å². The highest BCUT2D eigenvalue weighted by atomic mass is 79.9. The molecule has 0 aliphatic heterocycles. The molecule has 0 unspecified atom stereocenters. The highest BCUT2D eigenvalue weighted by Crippen LogP contribution is 2.29. The Bertz CT molecular complexity index is 513. The van der Waals surface area contributed by atoms with E-state index in [1.165, 1.54) is 12.1 Å². The van der Waals surface area contributed by atoms with Crippen molar-refractivity contribution in [3.05, 3.63) is 58.3 Å². The Balaban J connectivity index is 2.26. The molecule has 0 aliphatic rings. The van der Waals surface area contributed by atoms with Gasteiger partial charge < -0.3 is 4.74 Å². The Hall–Kier alpha value is -1.06. The lowest BCUT2D eigenvalue weighted by molar-refractivity contribution is 0.476. The van der Waals surface area contributed by atoms with Crippen molar-refractivity contribution in [2.24, 2.45) is 0 Å². The van der Waals surface area contributed by atoms with Gasteiger partial charge in [-0.2, -0.15) is 0 Å². The van der Waals surface area contributed by atoms with Crippen LogP contribution in [0.3, 0.4) is 0 Å². The second-order valence-electron chi connectivity index (χ2n) is 3.44. The summed E-state index contributed by atoms with van der Waals surface area (Å²) in [6.07, 6.45) is 0. The van der Waals surface area contributed by atoms with E-state index in [9.17, 15) is 4.39 Å². The Morgan fingerprint density at radius 2 is 1.82 bits per heavy atom. The molecular weight excluding hydrogens is 306 g/mol. The smallest absolute Gasteiger partial charge is 0.131 e. The molecule has 4 heteroatoms. The highest BCUT2D eigenvalue weighted by Gasteiger charge is 2.05. The van der Waals surface area contributed by atoms with Gasteiger partial charge in [-0.1, -0.05) is 15.9 Å². The molecule has 1 nitrogen and oxygen atoms in total. The van der Waals surface area contributed by atoms with Crippen LogP contribution in [0, 0.1) is 5.82 Å². The molecule has 0 bridgehead atoms. The summed E-state index contributed by atoms with van der Waals surface area (Å²) in [6, 6.07) is 11.5. The summed E-state index contributed by atoms with van der Waals surface area (Å²) < 4.78 is 19.3. The first-order valence-electron chi connectivity index (χ1n) is 4.97. The quantitative estimate of drug-likeness (QED) is 0.714. The van der Waals surface area contributed by atoms with E-state index in [-0.39, 0.29) is 5.82 Å². The van der Waals surface area contributed by atoms with E-state index in [1.807, 2.05) is 18.2 Å². The molecule has 0 fully saturated rings. The van der Waals surface area contributed by atoms with E-state index in [0.717, 1.165) is 10.0 Å². The molecule has 0 saturated heterocycles. The van der Waals surface area contributed by atoms with Crippen LogP contribution >= 0.6 is 27.5 Å². The van der Waals surface area contributed by atoms with Crippen LogP contribution in [-0.4, -0.2) is 0 Å². The van der Waals surface area contributed by atoms with E-state index in [4.69, 9.17) is 16.3 Å². The SMILES string of the molecule is Fc1ccc(Oc2ccc(Br)cc2CCl)cc1. The Kier molecular flexibility index (Phi) is 4.02. The third-order valence-corrected chi connectivity index (χ3v) is 2.99. The fraction of sp³-hybridized carbons (Fsp3) is 0.0769. The monoisotopic (exact) mass is 314 g/mol. The Morgan fingerprint density at radius 3 is 2.47 bits per heavy atom. The van der Waals surface area contributed by atoms with Crippen molar-refractivity contribution in [3.8, 4) is 11.5 Å². The topological polar surface area (TPSA) is 9.23 Å². The summed E-state index contributed by atoms with van der Waals surface area (Å²) in [4.78, 5) is 0. The van der Waals surface area contributed by atoms with Gasteiger partial charge in [-0.05, 0) is 42.5 Å². The second-order valence-corrected chi connectivity index (χ2v) is 4.62. The van der Waals surface area contributed by atoms with Gasteiger partial charge in [0.2, 0.25) is 0 Å². The van der Waals surface area contributed by atoms with Crippen molar-refractivity contribution < 1.29 is 9.13 Å². The fourth-order valence-corrected chi connectivity index (χ4v) is 2.00. The maximum atomic E-state index is 12.7. The van der Waals surface area contributed by atoms with Gasteiger partial charge in [0.1, 0.15) is 17.3 Å². The number of halogens is 3. The summed E-state index contributed by atoms with van der Waals surface area (Å²) in [7, 11) is 0. The molecule has 0 aromatic heterocycles. The van der Waals surface area contributed by atoms with Gasteiger partial charge in [0.05, 0.1) is 5.88 Å². The van der Waals surface area contributed by atoms with Crippen LogP contribution in [-0.2, 0) is 5.88 Å². The third-order valence-electron chi connectivity index (χ3n) is 2.21. The molecular formula is C13H9BrClFO. The van der Waals surface area contributed by atoms with Gasteiger partial charge in [0.25, 0.3) is 0 Å². The molecule has 0 N–H and O–H groups in total. The summed E-state index contributed by atoms with van der Waals surface area (Å²) in [5, 5.41) is 0. The van der Waals surface area contributed by atoms with Crippen LogP contribution in [0.4, 0.5) is 4.39 Å². The Morgan fingerprint density at radius 1 is 1.12 bits per heavy atom. The van der Waals surface area contributed by atoms with Crippen LogP contribution < -0.4 is 4.74 Å². The zero-order valence-corrected chi connectivity index (χ0v) is 11.1. The first-order valence-corrected chi connectivity index (χ1v) is 6.29. The standard InChI is InChI=1S/C13H9BrClFO/c14-10-1-6-13(9(7-10)8-15)17-12-4-2-11(16)3-5-12/h1-7H,8H2. The number of alkyl halides is 1. The zero-order chi connectivity index (χ0) is 12.3. The molecule has 2 rings (SSSR count). The predicted octanol–water partition coefficient (Wildman–Crippen LogP) is 5.12. The van der Waals surface area contributed by atoms with E-state index in [0.29, 0.717) is 17.4 Å². The van der Waals surface area contributed by atoms with Gasteiger partial charge in [0.15, 0.2) is 0 Å². The van der Waals surface area contributed by atoms with Gasteiger partial charge in [0, 0.05) is 10.0 Å². The van der Waals surface area contributed by atoms with Crippen LogP contribution in [0.1, 0.15) is 5.56 Å².